The van der Waals surface area contributed by atoms with Gasteiger partial charge in [0.25, 0.3) is 0 Å². The molecule has 0 amide bonds. The molecule has 3 nitrogen and oxygen atoms in total. The number of aryl methyl sites for hydroxylation is 2. The van der Waals surface area contributed by atoms with Crippen LogP contribution in [0, 0.1) is 32.1 Å². The van der Waals surface area contributed by atoms with Crippen molar-refractivity contribution < 1.29 is 4.79 Å². The van der Waals surface area contributed by atoms with Gasteiger partial charge in [-0.2, -0.15) is 5.26 Å². The lowest BCUT2D eigenvalue weighted by Gasteiger charge is -2.02. The molecule has 0 bridgehead atoms. The van der Waals surface area contributed by atoms with Crippen LogP contribution in [0.4, 0.5) is 0 Å². The largest absolute Gasteiger partial charge is 0.339 e. The van der Waals surface area contributed by atoms with Crippen molar-refractivity contribution in [1.29, 1.82) is 5.26 Å². The molecule has 0 aliphatic heterocycles. The molecule has 2 aromatic rings. The maximum Gasteiger partial charge on any atom is 0.185 e. The van der Waals surface area contributed by atoms with Crippen LogP contribution < -0.4 is 0 Å². The second kappa shape index (κ2) is 5.80. The Kier molecular flexibility index (Phi) is 4.09. The maximum absolute atomic E-state index is 12.2. The van der Waals surface area contributed by atoms with E-state index in [0.29, 0.717) is 11.3 Å². The molecule has 0 atom stereocenters. The number of carbonyl (C=O) groups is 1. The SMILES string of the molecule is Cc1ccc(C(=O)/C=C/c2cc(C#N)n(C)c2C)cc1C. The van der Waals surface area contributed by atoms with Gasteiger partial charge in [0.1, 0.15) is 11.8 Å². The average Bonchev–Trinajstić information content (AvgIpc) is 2.75. The minimum atomic E-state index is -0.0279. The van der Waals surface area contributed by atoms with E-state index in [9.17, 15) is 4.79 Å². The Morgan fingerprint density at radius 3 is 2.48 bits per heavy atom. The number of hydrogen-bond donors (Lipinski definition) is 0. The molecule has 1 aromatic heterocycles. The van der Waals surface area contributed by atoms with Gasteiger partial charge in [-0.15, -0.1) is 0 Å². The normalized spacial score (nSPS) is 10.8. The van der Waals surface area contributed by atoms with Crippen molar-refractivity contribution in [2.45, 2.75) is 20.8 Å². The molecule has 0 N–H and O–H groups in total. The molecule has 21 heavy (non-hydrogen) atoms. The number of allylic oxidation sites excluding steroid dienone is 1. The Hall–Kier alpha value is -2.60. The molecule has 0 unspecified atom stereocenters. The van der Waals surface area contributed by atoms with Gasteiger partial charge in [-0.1, -0.05) is 12.1 Å². The smallest absolute Gasteiger partial charge is 0.185 e. The summed E-state index contributed by atoms with van der Waals surface area (Å²) in [5, 5.41) is 9.01. The molecule has 0 aliphatic carbocycles. The summed E-state index contributed by atoms with van der Waals surface area (Å²) in [6.07, 6.45) is 3.33. The van der Waals surface area contributed by atoms with E-state index in [-0.39, 0.29) is 5.78 Å². The Morgan fingerprint density at radius 1 is 1.19 bits per heavy atom. The summed E-state index contributed by atoms with van der Waals surface area (Å²) in [5.41, 5.74) is 5.42. The van der Waals surface area contributed by atoms with E-state index < -0.39 is 0 Å². The molecule has 0 aliphatic rings. The van der Waals surface area contributed by atoms with Crippen molar-refractivity contribution in [3.8, 4) is 6.07 Å². The number of carbonyl (C=O) groups excluding carboxylic acids is 1. The number of nitriles is 1. The second-order valence-corrected chi connectivity index (χ2v) is 5.24. The van der Waals surface area contributed by atoms with Gasteiger partial charge < -0.3 is 4.57 Å². The number of ketones is 1. The molecule has 0 radical (unpaired) electrons. The summed E-state index contributed by atoms with van der Waals surface area (Å²) in [4.78, 5) is 12.2. The van der Waals surface area contributed by atoms with Crippen LogP contribution in [0.2, 0.25) is 0 Å². The Labute approximate surface area is 125 Å². The molecule has 106 valence electrons. The standard InChI is InChI=1S/C18H18N2O/c1-12-5-6-16(9-13(12)2)18(21)8-7-15-10-17(11-19)20(4)14(15)3/h5-10H,1-4H3/b8-7+. The van der Waals surface area contributed by atoms with Crippen molar-refractivity contribution in [3.63, 3.8) is 0 Å². The summed E-state index contributed by atoms with van der Waals surface area (Å²) in [6.45, 7) is 5.95. The first-order valence-corrected chi connectivity index (χ1v) is 6.80. The second-order valence-electron chi connectivity index (χ2n) is 5.24. The first kappa shape index (κ1) is 14.8. The zero-order chi connectivity index (χ0) is 15.6. The summed E-state index contributed by atoms with van der Waals surface area (Å²) in [5.74, 6) is -0.0279. The van der Waals surface area contributed by atoms with E-state index in [1.165, 1.54) is 5.56 Å². The van der Waals surface area contributed by atoms with Crippen molar-refractivity contribution in [2.24, 2.45) is 7.05 Å². The summed E-state index contributed by atoms with van der Waals surface area (Å²) in [7, 11) is 1.84. The fraction of sp³-hybridized carbons (Fsp3) is 0.222. The summed E-state index contributed by atoms with van der Waals surface area (Å²) >= 11 is 0. The first-order chi connectivity index (χ1) is 9.93. The van der Waals surface area contributed by atoms with Gasteiger partial charge in [-0.3, -0.25) is 4.79 Å². The van der Waals surface area contributed by atoms with E-state index >= 15 is 0 Å². The van der Waals surface area contributed by atoms with Gasteiger partial charge >= 0.3 is 0 Å². The van der Waals surface area contributed by atoms with Gasteiger partial charge in [0.05, 0.1) is 0 Å². The lowest BCUT2D eigenvalue weighted by Crippen LogP contribution is -1.96. The summed E-state index contributed by atoms with van der Waals surface area (Å²) < 4.78 is 1.82. The minimum Gasteiger partial charge on any atom is -0.339 e. The Morgan fingerprint density at radius 2 is 1.90 bits per heavy atom. The Balaban J connectivity index is 2.27. The number of aromatic nitrogens is 1. The number of nitrogens with zero attached hydrogens (tertiary/aromatic N) is 2. The van der Waals surface area contributed by atoms with Crippen LogP contribution in [-0.4, -0.2) is 10.4 Å². The van der Waals surface area contributed by atoms with Crippen molar-refractivity contribution in [3.05, 3.63) is 64.0 Å². The fourth-order valence-corrected chi connectivity index (χ4v) is 2.16. The molecule has 1 heterocycles. The predicted molar refractivity (Wildman–Crippen MR) is 84.1 cm³/mol. The van der Waals surface area contributed by atoms with Crippen LogP contribution >= 0.6 is 0 Å². The average molecular weight is 278 g/mol. The lowest BCUT2D eigenvalue weighted by molar-refractivity contribution is 0.104. The molecule has 3 heteroatoms. The van der Waals surface area contributed by atoms with E-state index in [2.05, 4.69) is 6.07 Å². The molecule has 0 spiro atoms. The number of rotatable bonds is 3. The molecule has 2 rings (SSSR count). The van der Waals surface area contributed by atoms with Crippen LogP contribution in [0.25, 0.3) is 6.08 Å². The third-order valence-corrected chi connectivity index (χ3v) is 3.89. The van der Waals surface area contributed by atoms with Crippen LogP contribution in [0.15, 0.2) is 30.3 Å². The van der Waals surface area contributed by atoms with Gasteiger partial charge in [0.2, 0.25) is 0 Å². The Bertz CT molecular complexity index is 773. The quantitative estimate of drug-likeness (QED) is 0.634. The summed E-state index contributed by atoms with van der Waals surface area (Å²) in [6, 6.07) is 9.63. The van der Waals surface area contributed by atoms with Gasteiger partial charge in [-0.05, 0) is 61.7 Å². The van der Waals surface area contributed by atoms with Crippen molar-refractivity contribution in [2.75, 3.05) is 0 Å². The first-order valence-electron chi connectivity index (χ1n) is 6.80. The van der Waals surface area contributed by atoms with Gasteiger partial charge in [0, 0.05) is 18.3 Å². The van der Waals surface area contributed by atoms with Crippen molar-refractivity contribution >= 4 is 11.9 Å². The van der Waals surface area contributed by atoms with Crippen molar-refractivity contribution in [1.82, 2.24) is 4.57 Å². The zero-order valence-electron chi connectivity index (χ0n) is 12.8. The number of benzene rings is 1. The molecule has 0 saturated carbocycles. The van der Waals surface area contributed by atoms with Gasteiger partial charge in [-0.25, -0.2) is 0 Å². The predicted octanol–water partition coefficient (Wildman–Crippen LogP) is 3.72. The van der Waals surface area contributed by atoms with Crippen LogP contribution in [0.3, 0.4) is 0 Å². The molecular weight excluding hydrogens is 260 g/mol. The van der Waals surface area contributed by atoms with E-state index in [1.807, 2.05) is 50.6 Å². The van der Waals surface area contributed by atoms with Crippen LogP contribution in [0.1, 0.15) is 38.4 Å². The van der Waals surface area contributed by atoms with E-state index in [1.54, 1.807) is 18.2 Å². The highest BCUT2D eigenvalue weighted by molar-refractivity contribution is 6.07. The van der Waals surface area contributed by atoms with E-state index in [0.717, 1.165) is 16.8 Å². The van der Waals surface area contributed by atoms with Crippen LogP contribution in [0.5, 0.6) is 0 Å². The molecule has 1 aromatic carbocycles. The number of hydrogen-bond acceptors (Lipinski definition) is 2. The van der Waals surface area contributed by atoms with E-state index in [4.69, 9.17) is 5.26 Å². The highest BCUT2D eigenvalue weighted by Crippen LogP contribution is 2.16. The molecule has 0 saturated heterocycles. The third kappa shape index (κ3) is 2.95. The monoisotopic (exact) mass is 278 g/mol. The van der Waals surface area contributed by atoms with Gasteiger partial charge in [0.15, 0.2) is 5.78 Å². The fourth-order valence-electron chi connectivity index (χ4n) is 2.16. The molecule has 0 fully saturated rings. The zero-order valence-corrected chi connectivity index (χ0v) is 12.8. The molecular formula is C18H18N2O. The van der Waals surface area contributed by atoms with Crippen LogP contribution in [-0.2, 0) is 7.05 Å². The third-order valence-electron chi connectivity index (χ3n) is 3.89. The minimum absolute atomic E-state index is 0.0279. The lowest BCUT2D eigenvalue weighted by atomic mass is 10.0. The highest BCUT2D eigenvalue weighted by atomic mass is 16.1. The highest BCUT2D eigenvalue weighted by Gasteiger charge is 2.07. The maximum atomic E-state index is 12.2. The topological polar surface area (TPSA) is 45.8 Å².